The van der Waals surface area contributed by atoms with Gasteiger partial charge < -0.3 is 9.88 Å². The summed E-state index contributed by atoms with van der Waals surface area (Å²) in [6.45, 7) is 5.01. The van der Waals surface area contributed by atoms with Gasteiger partial charge in [0.25, 0.3) is 0 Å². The Morgan fingerprint density at radius 1 is 1.33 bits per heavy atom. The van der Waals surface area contributed by atoms with Crippen molar-refractivity contribution >= 4 is 15.9 Å². The number of imidazole rings is 1. The van der Waals surface area contributed by atoms with E-state index < -0.39 is 0 Å². The van der Waals surface area contributed by atoms with Crippen LogP contribution in [-0.4, -0.2) is 16.6 Å². The molecule has 0 aliphatic rings. The Kier molecular flexibility index (Phi) is 3.88. The van der Waals surface area contributed by atoms with Crippen LogP contribution in [0.25, 0.3) is 11.3 Å². The molecular weight excluding hydrogens is 290 g/mol. The molecule has 1 N–H and O–H groups in total. The Labute approximate surface area is 116 Å². The van der Waals surface area contributed by atoms with Gasteiger partial charge in [-0.05, 0) is 38.6 Å². The SMILES string of the molecule is CNCc1nc(-c2cc(Br)ccc2C)c(C)n1C. The van der Waals surface area contributed by atoms with Gasteiger partial charge in [0.05, 0.1) is 12.2 Å². The monoisotopic (exact) mass is 307 g/mol. The van der Waals surface area contributed by atoms with Gasteiger partial charge in [-0.1, -0.05) is 22.0 Å². The predicted molar refractivity (Wildman–Crippen MR) is 78.6 cm³/mol. The van der Waals surface area contributed by atoms with E-state index in [1.54, 1.807) is 0 Å². The predicted octanol–water partition coefficient (Wildman–Crippen LogP) is 3.19. The van der Waals surface area contributed by atoms with Gasteiger partial charge in [-0.25, -0.2) is 4.98 Å². The fourth-order valence-corrected chi connectivity index (χ4v) is 2.42. The van der Waals surface area contributed by atoms with E-state index in [-0.39, 0.29) is 0 Å². The first kappa shape index (κ1) is 13.3. The second kappa shape index (κ2) is 5.24. The number of benzene rings is 1. The third-order valence-corrected chi connectivity index (χ3v) is 3.76. The van der Waals surface area contributed by atoms with Crippen molar-refractivity contribution in [2.75, 3.05) is 7.05 Å². The van der Waals surface area contributed by atoms with Crippen LogP contribution in [0.1, 0.15) is 17.1 Å². The maximum Gasteiger partial charge on any atom is 0.123 e. The van der Waals surface area contributed by atoms with Crippen LogP contribution >= 0.6 is 15.9 Å². The third-order valence-electron chi connectivity index (χ3n) is 3.26. The Bertz CT molecular complexity index is 573. The summed E-state index contributed by atoms with van der Waals surface area (Å²) in [5.74, 6) is 1.06. The molecule has 2 rings (SSSR count). The van der Waals surface area contributed by atoms with E-state index >= 15 is 0 Å². The first-order chi connectivity index (χ1) is 8.54. The molecule has 0 bridgehead atoms. The van der Waals surface area contributed by atoms with Crippen LogP contribution in [0, 0.1) is 13.8 Å². The summed E-state index contributed by atoms with van der Waals surface area (Å²) in [6.07, 6.45) is 0. The lowest BCUT2D eigenvalue weighted by Crippen LogP contribution is -2.10. The van der Waals surface area contributed by atoms with Crippen LogP contribution in [0.5, 0.6) is 0 Å². The molecule has 0 radical (unpaired) electrons. The number of nitrogens with zero attached hydrogens (tertiary/aromatic N) is 2. The number of nitrogens with one attached hydrogen (secondary N) is 1. The standard InChI is InChI=1S/C14H18BrN3/c1-9-5-6-11(15)7-12(9)14-10(2)18(4)13(17-14)8-16-3/h5-7,16H,8H2,1-4H3. The molecule has 0 fully saturated rings. The van der Waals surface area contributed by atoms with Crippen LogP contribution in [0.15, 0.2) is 22.7 Å². The molecule has 96 valence electrons. The molecule has 0 aliphatic carbocycles. The summed E-state index contributed by atoms with van der Waals surface area (Å²) >= 11 is 3.53. The zero-order valence-electron chi connectivity index (χ0n) is 11.2. The quantitative estimate of drug-likeness (QED) is 0.944. The summed E-state index contributed by atoms with van der Waals surface area (Å²) in [5.41, 5.74) is 4.71. The van der Waals surface area contributed by atoms with Crippen LogP contribution < -0.4 is 5.32 Å². The van der Waals surface area contributed by atoms with Crippen LogP contribution in [0.2, 0.25) is 0 Å². The molecule has 0 unspecified atom stereocenters. The Hall–Kier alpha value is -1.13. The number of aromatic nitrogens is 2. The molecule has 3 nitrogen and oxygen atoms in total. The highest BCUT2D eigenvalue weighted by atomic mass is 79.9. The maximum absolute atomic E-state index is 4.75. The zero-order chi connectivity index (χ0) is 13.3. The van der Waals surface area contributed by atoms with Crippen molar-refractivity contribution in [2.24, 2.45) is 7.05 Å². The Balaban J connectivity index is 2.57. The van der Waals surface area contributed by atoms with E-state index in [1.165, 1.54) is 16.8 Å². The first-order valence-electron chi connectivity index (χ1n) is 5.98. The van der Waals surface area contributed by atoms with E-state index in [2.05, 4.69) is 64.9 Å². The van der Waals surface area contributed by atoms with E-state index in [9.17, 15) is 0 Å². The molecule has 0 saturated carbocycles. The average molecular weight is 308 g/mol. The van der Waals surface area contributed by atoms with Gasteiger partial charge in [0.1, 0.15) is 5.82 Å². The molecule has 18 heavy (non-hydrogen) atoms. The Morgan fingerprint density at radius 3 is 2.72 bits per heavy atom. The van der Waals surface area contributed by atoms with Gasteiger partial charge in [-0.2, -0.15) is 0 Å². The number of aryl methyl sites for hydroxylation is 1. The average Bonchev–Trinajstić information content (AvgIpc) is 2.61. The molecule has 0 aliphatic heterocycles. The summed E-state index contributed by atoms with van der Waals surface area (Å²) in [6, 6.07) is 6.31. The number of halogens is 1. The van der Waals surface area contributed by atoms with Gasteiger partial charge in [-0.15, -0.1) is 0 Å². The van der Waals surface area contributed by atoms with Crippen LogP contribution in [0.3, 0.4) is 0 Å². The van der Waals surface area contributed by atoms with Gasteiger partial charge >= 0.3 is 0 Å². The molecule has 1 heterocycles. The summed E-state index contributed by atoms with van der Waals surface area (Å²) < 4.78 is 3.23. The maximum atomic E-state index is 4.75. The van der Waals surface area contributed by atoms with Gasteiger partial charge in [-0.3, -0.25) is 0 Å². The van der Waals surface area contributed by atoms with Gasteiger partial charge in [0.2, 0.25) is 0 Å². The summed E-state index contributed by atoms with van der Waals surface area (Å²) in [7, 11) is 4.00. The summed E-state index contributed by atoms with van der Waals surface area (Å²) in [4.78, 5) is 4.75. The van der Waals surface area contributed by atoms with E-state index in [0.29, 0.717) is 0 Å². The van der Waals surface area contributed by atoms with Crippen molar-refractivity contribution < 1.29 is 0 Å². The van der Waals surface area contributed by atoms with Crippen LogP contribution in [0.4, 0.5) is 0 Å². The zero-order valence-corrected chi connectivity index (χ0v) is 12.8. The minimum atomic E-state index is 0.782. The largest absolute Gasteiger partial charge is 0.334 e. The number of hydrogen-bond acceptors (Lipinski definition) is 2. The fourth-order valence-electron chi connectivity index (χ4n) is 2.06. The van der Waals surface area contributed by atoms with Crippen molar-refractivity contribution in [3.8, 4) is 11.3 Å². The van der Waals surface area contributed by atoms with E-state index in [0.717, 1.165) is 22.5 Å². The highest BCUT2D eigenvalue weighted by Crippen LogP contribution is 2.28. The second-order valence-corrected chi connectivity index (χ2v) is 5.43. The van der Waals surface area contributed by atoms with Crippen molar-refractivity contribution in [2.45, 2.75) is 20.4 Å². The van der Waals surface area contributed by atoms with Crippen molar-refractivity contribution in [1.82, 2.24) is 14.9 Å². The lowest BCUT2D eigenvalue weighted by molar-refractivity contribution is 0.701. The lowest BCUT2D eigenvalue weighted by Gasteiger charge is -2.05. The fraction of sp³-hybridized carbons (Fsp3) is 0.357. The number of hydrogen-bond donors (Lipinski definition) is 1. The minimum absolute atomic E-state index is 0.782. The normalized spacial score (nSPS) is 10.9. The Morgan fingerprint density at radius 2 is 2.06 bits per heavy atom. The lowest BCUT2D eigenvalue weighted by atomic mass is 10.0. The topological polar surface area (TPSA) is 29.9 Å². The second-order valence-electron chi connectivity index (χ2n) is 4.51. The molecule has 0 spiro atoms. The molecule has 0 saturated heterocycles. The summed E-state index contributed by atoms with van der Waals surface area (Å²) in [5, 5.41) is 3.15. The van der Waals surface area contributed by atoms with Gasteiger partial charge in [0.15, 0.2) is 0 Å². The number of rotatable bonds is 3. The molecule has 4 heteroatoms. The van der Waals surface area contributed by atoms with Crippen molar-refractivity contribution in [3.63, 3.8) is 0 Å². The molecule has 0 atom stereocenters. The van der Waals surface area contributed by atoms with Gasteiger partial charge in [0, 0.05) is 22.8 Å². The van der Waals surface area contributed by atoms with E-state index in [4.69, 9.17) is 4.98 Å². The van der Waals surface area contributed by atoms with Crippen molar-refractivity contribution in [3.05, 3.63) is 39.8 Å². The van der Waals surface area contributed by atoms with Crippen molar-refractivity contribution in [1.29, 1.82) is 0 Å². The minimum Gasteiger partial charge on any atom is -0.334 e. The van der Waals surface area contributed by atoms with E-state index in [1.807, 2.05) is 7.05 Å². The first-order valence-corrected chi connectivity index (χ1v) is 6.77. The van der Waals surface area contributed by atoms with Crippen LogP contribution in [-0.2, 0) is 13.6 Å². The highest BCUT2D eigenvalue weighted by Gasteiger charge is 2.14. The smallest absolute Gasteiger partial charge is 0.123 e. The highest BCUT2D eigenvalue weighted by molar-refractivity contribution is 9.10. The molecule has 2 aromatic rings. The molecule has 1 aromatic carbocycles. The third kappa shape index (κ3) is 2.35. The molecule has 1 aromatic heterocycles. The molecular formula is C14H18BrN3. The molecule has 0 amide bonds.